The van der Waals surface area contributed by atoms with Crippen molar-refractivity contribution in [3.05, 3.63) is 11.4 Å². The first-order valence-electron chi connectivity index (χ1n) is 5.34. The van der Waals surface area contributed by atoms with E-state index in [-0.39, 0.29) is 0 Å². The summed E-state index contributed by atoms with van der Waals surface area (Å²) in [5.41, 5.74) is 1.73. The third-order valence-corrected chi connectivity index (χ3v) is 2.41. The van der Waals surface area contributed by atoms with Crippen molar-refractivity contribution in [1.29, 1.82) is 0 Å². The average molecular weight is 196 g/mol. The van der Waals surface area contributed by atoms with E-state index in [1.165, 1.54) is 0 Å². The van der Waals surface area contributed by atoms with Crippen LogP contribution in [0.2, 0.25) is 0 Å². The highest BCUT2D eigenvalue weighted by Crippen LogP contribution is 2.25. The highest BCUT2D eigenvalue weighted by Gasteiger charge is 2.15. The molecule has 0 amide bonds. The van der Waals surface area contributed by atoms with E-state index in [1.807, 2.05) is 11.6 Å². The van der Waals surface area contributed by atoms with Gasteiger partial charge in [-0.1, -0.05) is 13.3 Å². The molecular formula is C11H20N2O. The molecule has 0 radical (unpaired) electrons. The van der Waals surface area contributed by atoms with Gasteiger partial charge in [0.25, 0.3) is 0 Å². The van der Waals surface area contributed by atoms with Crippen LogP contribution in [0.3, 0.4) is 0 Å². The van der Waals surface area contributed by atoms with Gasteiger partial charge >= 0.3 is 0 Å². The molecule has 1 aromatic heterocycles. The smallest absolute Gasteiger partial charge is 0.159 e. The molecule has 3 nitrogen and oxygen atoms in total. The van der Waals surface area contributed by atoms with E-state index in [4.69, 9.17) is 0 Å². The molecule has 0 saturated heterocycles. The van der Waals surface area contributed by atoms with E-state index >= 15 is 0 Å². The molecule has 0 aliphatic rings. The molecule has 80 valence electrons. The molecule has 1 N–H and O–H groups in total. The van der Waals surface area contributed by atoms with Gasteiger partial charge in [0.2, 0.25) is 0 Å². The number of hydrogen-bond acceptors (Lipinski definition) is 2. The first-order valence-corrected chi connectivity index (χ1v) is 5.34. The Balaban J connectivity index is 2.97. The van der Waals surface area contributed by atoms with E-state index in [1.54, 1.807) is 0 Å². The van der Waals surface area contributed by atoms with Gasteiger partial charge in [-0.05, 0) is 33.6 Å². The predicted octanol–water partition coefficient (Wildman–Crippen LogP) is 2.82. The fourth-order valence-electron chi connectivity index (χ4n) is 1.59. The van der Waals surface area contributed by atoms with Crippen molar-refractivity contribution >= 4 is 0 Å². The minimum absolute atomic E-state index is 0.321. The molecular weight excluding hydrogens is 176 g/mol. The van der Waals surface area contributed by atoms with Gasteiger partial charge in [-0.2, -0.15) is 5.10 Å². The van der Waals surface area contributed by atoms with Crippen molar-refractivity contribution in [2.45, 2.75) is 53.0 Å². The Morgan fingerprint density at radius 3 is 2.57 bits per heavy atom. The average Bonchev–Trinajstić information content (AvgIpc) is 2.41. The Morgan fingerprint density at radius 1 is 1.43 bits per heavy atom. The lowest BCUT2D eigenvalue weighted by Gasteiger charge is -2.10. The molecule has 0 atom stereocenters. The number of aryl methyl sites for hydroxylation is 1. The fourth-order valence-corrected chi connectivity index (χ4v) is 1.59. The molecule has 0 saturated carbocycles. The molecule has 0 aliphatic carbocycles. The molecule has 14 heavy (non-hydrogen) atoms. The van der Waals surface area contributed by atoms with Gasteiger partial charge in [0, 0.05) is 6.04 Å². The van der Waals surface area contributed by atoms with Crippen molar-refractivity contribution in [3.8, 4) is 5.75 Å². The second-order valence-electron chi connectivity index (χ2n) is 4.02. The zero-order chi connectivity index (χ0) is 10.7. The van der Waals surface area contributed by atoms with Crippen LogP contribution in [0.15, 0.2) is 0 Å². The van der Waals surface area contributed by atoms with Gasteiger partial charge in [0.15, 0.2) is 5.75 Å². The molecule has 3 heteroatoms. The molecule has 1 aromatic rings. The highest BCUT2D eigenvalue weighted by atomic mass is 16.3. The second kappa shape index (κ2) is 4.49. The number of aromatic hydroxyl groups is 1. The Kier molecular flexibility index (Phi) is 3.55. The zero-order valence-corrected chi connectivity index (χ0v) is 9.54. The van der Waals surface area contributed by atoms with Gasteiger partial charge in [-0.15, -0.1) is 0 Å². The normalized spacial score (nSPS) is 11.2. The van der Waals surface area contributed by atoms with E-state index < -0.39 is 0 Å². The number of nitrogens with zero attached hydrogens (tertiary/aromatic N) is 2. The monoisotopic (exact) mass is 196 g/mol. The van der Waals surface area contributed by atoms with Crippen molar-refractivity contribution in [2.24, 2.45) is 0 Å². The number of unbranched alkanes of at least 4 members (excludes halogenated alkanes) is 1. The van der Waals surface area contributed by atoms with E-state index in [2.05, 4.69) is 25.9 Å². The third-order valence-electron chi connectivity index (χ3n) is 2.41. The lowest BCUT2D eigenvalue weighted by Crippen LogP contribution is -2.07. The third kappa shape index (κ3) is 2.08. The van der Waals surface area contributed by atoms with Crippen LogP contribution in [0, 0.1) is 6.92 Å². The summed E-state index contributed by atoms with van der Waals surface area (Å²) in [4.78, 5) is 0. The van der Waals surface area contributed by atoms with Crippen LogP contribution < -0.4 is 0 Å². The van der Waals surface area contributed by atoms with Gasteiger partial charge in [-0.3, -0.25) is 4.68 Å². The minimum atomic E-state index is 0.321. The van der Waals surface area contributed by atoms with Gasteiger partial charge in [0.05, 0.1) is 5.69 Å². The molecule has 0 aromatic carbocycles. The quantitative estimate of drug-likeness (QED) is 0.804. The summed E-state index contributed by atoms with van der Waals surface area (Å²) in [5.74, 6) is 0.382. The predicted molar refractivity (Wildman–Crippen MR) is 57.6 cm³/mol. The molecule has 0 spiro atoms. The van der Waals surface area contributed by atoms with Crippen LogP contribution in [0.4, 0.5) is 0 Å². The Morgan fingerprint density at radius 2 is 2.07 bits per heavy atom. The summed E-state index contributed by atoms with van der Waals surface area (Å²) in [6, 6.07) is 0.321. The number of rotatable bonds is 4. The molecule has 0 unspecified atom stereocenters. The molecule has 1 rings (SSSR count). The summed E-state index contributed by atoms with van der Waals surface area (Å²) in [6.45, 7) is 8.17. The van der Waals surface area contributed by atoms with E-state index in [9.17, 15) is 5.11 Å². The van der Waals surface area contributed by atoms with Crippen LogP contribution >= 0.6 is 0 Å². The summed E-state index contributed by atoms with van der Waals surface area (Å²) in [5, 5.41) is 14.1. The largest absolute Gasteiger partial charge is 0.504 e. The van der Waals surface area contributed by atoms with Crippen molar-refractivity contribution in [2.75, 3.05) is 0 Å². The summed E-state index contributed by atoms with van der Waals surface area (Å²) >= 11 is 0. The number of hydrogen-bond donors (Lipinski definition) is 1. The van der Waals surface area contributed by atoms with Gasteiger partial charge in [0.1, 0.15) is 5.69 Å². The number of aromatic nitrogens is 2. The van der Waals surface area contributed by atoms with Crippen molar-refractivity contribution in [1.82, 2.24) is 9.78 Å². The maximum absolute atomic E-state index is 9.81. The van der Waals surface area contributed by atoms with Crippen LogP contribution in [0.1, 0.15) is 51.0 Å². The Labute approximate surface area is 85.8 Å². The van der Waals surface area contributed by atoms with E-state index in [0.717, 1.165) is 30.7 Å². The molecule has 1 heterocycles. The van der Waals surface area contributed by atoms with Crippen LogP contribution in [0.5, 0.6) is 5.75 Å². The minimum Gasteiger partial charge on any atom is -0.504 e. The zero-order valence-electron chi connectivity index (χ0n) is 9.54. The standard InChI is InChI=1S/C11H20N2O/c1-5-6-7-10-11(14)9(4)12-13(10)8(2)3/h8,14H,5-7H2,1-4H3. The maximum atomic E-state index is 9.81. The topological polar surface area (TPSA) is 38.1 Å². The lowest BCUT2D eigenvalue weighted by atomic mass is 10.1. The molecule has 0 bridgehead atoms. The van der Waals surface area contributed by atoms with Gasteiger partial charge < -0.3 is 5.11 Å². The second-order valence-corrected chi connectivity index (χ2v) is 4.02. The van der Waals surface area contributed by atoms with Crippen LogP contribution in [0.25, 0.3) is 0 Å². The van der Waals surface area contributed by atoms with Crippen LogP contribution in [-0.2, 0) is 6.42 Å². The van der Waals surface area contributed by atoms with Crippen molar-refractivity contribution in [3.63, 3.8) is 0 Å². The lowest BCUT2D eigenvalue weighted by molar-refractivity contribution is 0.450. The first kappa shape index (κ1) is 11.1. The highest BCUT2D eigenvalue weighted by molar-refractivity contribution is 5.31. The fraction of sp³-hybridized carbons (Fsp3) is 0.727. The van der Waals surface area contributed by atoms with E-state index in [0.29, 0.717) is 11.8 Å². The summed E-state index contributed by atoms with van der Waals surface area (Å²) in [7, 11) is 0. The SMILES string of the molecule is CCCCc1c(O)c(C)nn1C(C)C. The molecule has 0 fully saturated rings. The van der Waals surface area contributed by atoms with Crippen molar-refractivity contribution < 1.29 is 5.11 Å². The first-order chi connectivity index (χ1) is 6.57. The summed E-state index contributed by atoms with van der Waals surface area (Å²) < 4.78 is 1.93. The Hall–Kier alpha value is -0.990. The summed E-state index contributed by atoms with van der Waals surface area (Å²) in [6.07, 6.45) is 3.16. The maximum Gasteiger partial charge on any atom is 0.159 e. The molecule has 0 aliphatic heterocycles. The van der Waals surface area contributed by atoms with Gasteiger partial charge in [-0.25, -0.2) is 0 Å². The van der Waals surface area contributed by atoms with Crippen LogP contribution in [-0.4, -0.2) is 14.9 Å². The Bertz CT molecular complexity index is 302.